The summed E-state index contributed by atoms with van der Waals surface area (Å²) >= 11 is 0. The van der Waals surface area contributed by atoms with E-state index in [4.69, 9.17) is 0 Å². The number of piperazine rings is 1. The van der Waals surface area contributed by atoms with Gasteiger partial charge in [0.25, 0.3) is 5.56 Å². The minimum atomic E-state index is -0.848. The second-order valence-corrected chi connectivity index (χ2v) is 9.06. The Morgan fingerprint density at radius 2 is 1.70 bits per heavy atom. The predicted octanol–water partition coefficient (Wildman–Crippen LogP) is 4.75. The van der Waals surface area contributed by atoms with Gasteiger partial charge in [0, 0.05) is 61.4 Å². The van der Waals surface area contributed by atoms with E-state index in [1.807, 2.05) is 0 Å². The topological polar surface area (TPSA) is 75.1 Å². The molecule has 0 radical (unpaired) electrons. The van der Waals surface area contributed by atoms with Gasteiger partial charge in [-0.25, -0.2) is 27.5 Å². The van der Waals surface area contributed by atoms with Crippen LogP contribution in [0.3, 0.4) is 0 Å². The van der Waals surface area contributed by atoms with Crippen LogP contribution in [0.25, 0.3) is 22.2 Å². The van der Waals surface area contributed by atoms with Crippen LogP contribution in [-0.4, -0.2) is 40.7 Å². The quantitative estimate of drug-likeness (QED) is 0.376. The molecule has 3 heterocycles. The molecule has 2 aromatic heterocycles. The standard InChI is InChI=1S/C26H24F4N6O/c1-14(2)36-22-10-15(9-17(27)16(22)3-4-24(36)37)25-20(30)13-32-26(34-25)33-21-11-19(29)23(12-18(21)28)35-7-5-31-6-8-35/h3-4,9-14,31H,5-8H2,1-2H3,(H,32,33,34). The SMILES string of the molecule is CC(C)n1c(=O)ccc2c(F)cc(-c3nc(Nc4cc(F)c(N5CCNCC5)cc4F)ncc3F)cc21. The number of halogens is 4. The molecule has 0 unspecified atom stereocenters. The van der Waals surface area contributed by atoms with Gasteiger partial charge in [-0.2, -0.15) is 0 Å². The number of fused-ring (bicyclic) bond motifs is 1. The molecule has 0 spiro atoms. The number of nitrogens with zero attached hydrogens (tertiary/aromatic N) is 4. The Morgan fingerprint density at radius 1 is 0.946 bits per heavy atom. The third kappa shape index (κ3) is 4.74. The molecule has 1 aliphatic rings. The number of nitrogens with one attached hydrogen (secondary N) is 2. The van der Waals surface area contributed by atoms with Crippen molar-refractivity contribution in [3.05, 3.63) is 76.2 Å². The van der Waals surface area contributed by atoms with Crippen molar-refractivity contribution in [1.82, 2.24) is 19.9 Å². The molecule has 0 atom stereocenters. The van der Waals surface area contributed by atoms with Gasteiger partial charge >= 0.3 is 0 Å². The lowest BCUT2D eigenvalue weighted by Gasteiger charge is -2.30. The smallest absolute Gasteiger partial charge is 0.251 e. The van der Waals surface area contributed by atoms with Crippen LogP contribution in [0.15, 0.2) is 47.4 Å². The minimum Gasteiger partial charge on any atom is -0.367 e. The number of rotatable bonds is 5. The van der Waals surface area contributed by atoms with Gasteiger partial charge in [-0.05, 0) is 32.0 Å². The van der Waals surface area contributed by atoms with Crippen molar-refractivity contribution in [1.29, 1.82) is 0 Å². The van der Waals surface area contributed by atoms with Gasteiger partial charge in [0.15, 0.2) is 5.82 Å². The highest BCUT2D eigenvalue weighted by atomic mass is 19.1. The molecule has 5 rings (SSSR count). The van der Waals surface area contributed by atoms with Crippen LogP contribution in [0.5, 0.6) is 0 Å². The lowest BCUT2D eigenvalue weighted by Crippen LogP contribution is -2.43. The van der Waals surface area contributed by atoms with Crippen molar-refractivity contribution >= 4 is 28.2 Å². The number of benzene rings is 2. The highest BCUT2D eigenvalue weighted by Gasteiger charge is 2.20. The molecule has 37 heavy (non-hydrogen) atoms. The first-order valence-electron chi connectivity index (χ1n) is 11.8. The molecule has 0 saturated carbocycles. The monoisotopic (exact) mass is 512 g/mol. The number of pyridine rings is 1. The van der Waals surface area contributed by atoms with Gasteiger partial charge in [-0.15, -0.1) is 0 Å². The van der Waals surface area contributed by atoms with Crippen LogP contribution in [0.4, 0.5) is 34.9 Å². The molecular weight excluding hydrogens is 488 g/mol. The second-order valence-electron chi connectivity index (χ2n) is 9.06. The number of hydrogen-bond donors (Lipinski definition) is 2. The predicted molar refractivity (Wildman–Crippen MR) is 134 cm³/mol. The Hall–Kier alpha value is -3.99. The Bertz CT molecular complexity index is 1550. The van der Waals surface area contributed by atoms with Gasteiger partial charge in [-0.1, -0.05) is 0 Å². The Morgan fingerprint density at radius 3 is 2.43 bits per heavy atom. The Labute approximate surface area is 209 Å². The largest absolute Gasteiger partial charge is 0.367 e. The lowest BCUT2D eigenvalue weighted by atomic mass is 10.1. The fourth-order valence-corrected chi connectivity index (χ4v) is 4.52. The molecule has 1 fully saturated rings. The summed E-state index contributed by atoms with van der Waals surface area (Å²) in [6.07, 6.45) is 0.858. The normalized spacial score (nSPS) is 14.0. The zero-order valence-corrected chi connectivity index (χ0v) is 20.2. The van der Waals surface area contributed by atoms with Crippen LogP contribution < -0.4 is 21.1 Å². The maximum absolute atomic E-state index is 15.0. The minimum absolute atomic E-state index is 0.0636. The van der Waals surface area contributed by atoms with E-state index in [1.165, 1.54) is 22.8 Å². The molecule has 1 aliphatic heterocycles. The molecule has 1 saturated heterocycles. The summed E-state index contributed by atoms with van der Waals surface area (Å²) < 4.78 is 60.8. The van der Waals surface area contributed by atoms with E-state index < -0.39 is 23.3 Å². The first kappa shape index (κ1) is 24.7. The number of aromatic nitrogens is 3. The summed E-state index contributed by atoms with van der Waals surface area (Å²) in [5, 5.41) is 5.94. The number of anilines is 3. The van der Waals surface area contributed by atoms with E-state index in [2.05, 4.69) is 20.6 Å². The third-order valence-corrected chi connectivity index (χ3v) is 6.27. The third-order valence-electron chi connectivity index (χ3n) is 6.27. The molecule has 192 valence electrons. The molecule has 2 N–H and O–H groups in total. The lowest BCUT2D eigenvalue weighted by molar-refractivity contribution is 0.559. The first-order valence-corrected chi connectivity index (χ1v) is 11.8. The average Bonchev–Trinajstić information content (AvgIpc) is 2.87. The van der Waals surface area contributed by atoms with E-state index in [0.717, 1.165) is 24.4 Å². The fourth-order valence-electron chi connectivity index (χ4n) is 4.52. The van der Waals surface area contributed by atoms with E-state index in [-0.39, 0.29) is 51.1 Å². The molecule has 4 aromatic rings. The summed E-state index contributed by atoms with van der Waals surface area (Å²) in [5.74, 6) is -3.08. The molecule has 2 aromatic carbocycles. The van der Waals surface area contributed by atoms with Crippen molar-refractivity contribution in [2.45, 2.75) is 19.9 Å². The van der Waals surface area contributed by atoms with Crippen LogP contribution in [0, 0.1) is 23.3 Å². The van der Waals surface area contributed by atoms with E-state index >= 15 is 0 Å². The second kappa shape index (κ2) is 9.81. The van der Waals surface area contributed by atoms with Crippen molar-refractivity contribution in [2.24, 2.45) is 0 Å². The molecular formula is C26H24F4N6O. The summed E-state index contributed by atoms with van der Waals surface area (Å²) in [7, 11) is 0. The van der Waals surface area contributed by atoms with Crippen molar-refractivity contribution < 1.29 is 17.6 Å². The van der Waals surface area contributed by atoms with Gasteiger partial charge in [0.1, 0.15) is 23.1 Å². The summed E-state index contributed by atoms with van der Waals surface area (Å²) in [5.41, 5.74) is -0.328. The van der Waals surface area contributed by atoms with Crippen LogP contribution in [0.2, 0.25) is 0 Å². The maximum atomic E-state index is 15.0. The van der Waals surface area contributed by atoms with E-state index in [1.54, 1.807) is 18.7 Å². The van der Waals surface area contributed by atoms with Crippen LogP contribution in [-0.2, 0) is 0 Å². The van der Waals surface area contributed by atoms with Gasteiger partial charge < -0.3 is 20.1 Å². The highest BCUT2D eigenvalue weighted by molar-refractivity contribution is 5.85. The fraction of sp³-hybridized carbons (Fsp3) is 0.269. The van der Waals surface area contributed by atoms with Gasteiger partial charge in [-0.3, -0.25) is 4.79 Å². The van der Waals surface area contributed by atoms with Gasteiger partial charge in [0.2, 0.25) is 5.95 Å². The summed E-state index contributed by atoms with van der Waals surface area (Å²) in [6, 6.07) is 7.04. The Balaban J connectivity index is 1.52. The summed E-state index contributed by atoms with van der Waals surface area (Å²) in [4.78, 5) is 22.1. The molecule has 0 bridgehead atoms. The zero-order chi connectivity index (χ0) is 26.3. The first-order chi connectivity index (χ1) is 17.7. The molecule has 7 nitrogen and oxygen atoms in total. The molecule has 11 heteroatoms. The maximum Gasteiger partial charge on any atom is 0.251 e. The van der Waals surface area contributed by atoms with Gasteiger partial charge in [0.05, 0.1) is 23.1 Å². The zero-order valence-electron chi connectivity index (χ0n) is 20.2. The van der Waals surface area contributed by atoms with Crippen LogP contribution in [0.1, 0.15) is 19.9 Å². The van der Waals surface area contributed by atoms with Crippen molar-refractivity contribution in [3.63, 3.8) is 0 Å². The molecule has 0 amide bonds. The highest BCUT2D eigenvalue weighted by Crippen LogP contribution is 2.31. The van der Waals surface area contributed by atoms with Crippen molar-refractivity contribution in [2.75, 3.05) is 36.4 Å². The van der Waals surface area contributed by atoms with Crippen LogP contribution >= 0.6 is 0 Å². The van der Waals surface area contributed by atoms with E-state index in [9.17, 15) is 22.4 Å². The number of hydrogen-bond acceptors (Lipinski definition) is 6. The molecule has 0 aliphatic carbocycles. The Kier molecular flexibility index (Phi) is 6.55. The van der Waals surface area contributed by atoms with E-state index in [0.29, 0.717) is 26.2 Å². The average molecular weight is 513 g/mol. The summed E-state index contributed by atoms with van der Waals surface area (Å²) in [6.45, 7) is 5.96. The van der Waals surface area contributed by atoms with Crippen molar-refractivity contribution in [3.8, 4) is 11.3 Å².